The van der Waals surface area contributed by atoms with Crippen LogP contribution in [-0.2, 0) is 24.8 Å². The lowest BCUT2D eigenvalue weighted by atomic mass is 9.69. The molecule has 0 amide bonds. The molecule has 1 aromatic heterocycles. The molecule has 1 atom stereocenters. The van der Waals surface area contributed by atoms with Crippen molar-refractivity contribution in [3.05, 3.63) is 81.6 Å². The molecule has 0 N–H and O–H groups in total. The van der Waals surface area contributed by atoms with Crippen LogP contribution >= 0.6 is 11.8 Å². The molecule has 1 heterocycles. The molecule has 1 aliphatic carbocycles. The number of rotatable bonds is 9. The van der Waals surface area contributed by atoms with Crippen molar-refractivity contribution in [3.63, 3.8) is 0 Å². The number of hydrogen-bond donors (Lipinski definition) is 0. The monoisotopic (exact) mass is 446 g/mol. The third-order valence-corrected chi connectivity index (χ3v) is 7.88. The van der Waals surface area contributed by atoms with Gasteiger partial charge in [0, 0.05) is 23.3 Å². The third-order valence-electron chi connectivity index (χ3n) is 6.82. The Balaban J connectivity index is 1.81. The molecule has 1 aliphatic rings. The van der Waals surface area contributed by atoms with Crippen molar-refractivity contribution in [1.82, 2.24) is 9.55 Å². The average molecular weight is 447 g/mol. The fraction of sp³-hybridized carbons (Fsp3) is 0.429. The van der Waals surface area contributed by atoms with E-state index in [0.717, 1.165) is 53.4 Å². The largest absolute Gasteiger partial charge is 0.287 e. The Morgan fingerprint density at radius 2 is 1.78 bits per heavy atom. The zero-order valence-electron chi connectivity index (χ0n) is 19.6. The van der Waals surface area contributed by atoms with Crippen molar-refractivity contribution in [2.45, 2.75) is 76.4 Å². The summed E-state index contributed by atoms with van der Waals surface area (Å²) in [5.41, 5.74) is 5.48. The second-order valence-corrected chi connectivity index (χ2v) is 10.2. The zero-order chi connectivity index (χ0) is 22.6. The van der Waals surface area contributed by atoms with Crippen LogP contribution in [0, 0.1) is 0 Å². The van der Waals surface area contributed by atoms with E-state index in [-0.39, 0.29) is 11.0 Å². The highest BCUT2D eigenvalue weighted by atomic mass is 32.2. The molecule has 0 fully saturated rings. The molecular formula is C28H34N2OS. The van der Waals surface area contributed by atoms with Gasteiger partial charge in [0.05, 0.1) is 11.3 Å². The summed E-state index contributed by atoms with van der Waals surface area (Å²) < 4.78 is 1.96. The van der Waals surface area contributed by atoms with Gasteiger partial charge in [-0.1, -0.05) is 100.0 Å². The predicted molar refractivity (Wildman–Crippen MR) is 136 cm³/mol. The lowest BCUT2D eigenvalue weighted by Gasteiger charge is -2.36. The van der Waals surface area contributed by atoms with E-state index >= 15 is 0 Å². The summed E-state index contributed by atoms with van der Waals surface area (Å²) in [6.45, 7) is 7.32. The molecule has 0 bridgehead atoms. The molecule has 3 nitrogen and oxygen atoms in total. The number of benzene rings is 2. The minimum absolute atomic E-state index is 0.155. The molecule has 2 aromatic carbocycles. The summed E-state index contributed by atoms with van der Waals surface area (Å²) in [6, 6.07) is 18.9. The maximum absolute atomic E-state index is 14.0. The fourth-order valence-corrected chi connectivity index (χ4v) is 5.72. The van der Waals surface area contributed by atoms with Gasteiger partial charge in [-0.25, -0.2) is 4.98 Å². The van der Waals surface area contributed by atoms with E-state index in [4.69, 9.17) is 4.98 Å². The summed E-state index contributed by atoms with van der Waals surface area (Å²) in [6.07, 6.45) is 6.21. The van der Waals surface area contributed by atoms with Crippen LogP contribution in [0.25, 0.3) is 11.3 Å². The number of nitrogens with zero attached hydrogens (tertiary/aromatic N) is 2. The van der Waals surface area contributed by atoms with Gasteiger partial charge in [-0.05, 0) is 36.8 Å². The first-order valence-corrected chi connectivity index (χ1v) is 13.0. The van der Waals surface area contributed by atoms with E-state index < -0.39 is 0 Å². The summed E-state index contributed by atoms with van der Waals surface area (Å²) in [5, 5.41) is 0.871. The van der Waals surface area contributed by atoms with Crippen molar-refractivity contribution < 1.29 is 0 Å². The number of hydrogen-bond acceptors (Lipinski definition) is 3. The maximum Gasteiger partial charge on any atom is 0.258 e. The molecule has 0 spiro atoms. The molecule has 0 radical (unpaired) electrons. The van der Waals surface area contributed by atoms with Crippen LogP contribution in [0.4, 0.5) is 0 Å². The second kappa shape index (κ2) is 10.1. The van der Waals surface area contributed by atoms with Gasteiger partial charge in [0.15, 0.2) is 5.16 Å². The van der Waals surface area contributed by atoms with Gasteiger partial charge in [-0.3, -0.25) is 9.36 Å². The van der Waals surface area contributed by atoms with Gasteiger partial charge < -0.3 is 0 Å². The maximum atomic E-state index is 14.0. The quantitative estimate of drug-likeness (QED) is 0.209. The van der Waals surface area contributed by atoms with Gasteiger partial charge in [0.2, 0.25) is 0 Å². The Morgan fingerprint density at radius 1 is 1.03 bits per heavy atom. The second-order valence-electron chi connectivity index (χ2n) is 9.11. The van der Waals surface area contributed by atoms with E-state index in [1.54, 1.807) is 11.8 Å². The third kappa shape index (κ3) is 4.56. The van der Waals surface area contributed by atoms with Crippen molar-refractivity contribution in [1.29, 1.82) is 0 Å². The van der Waals surface area contributed by atoms with Crippen LogP contribution in [0.15, 0.2) is 64.5 Å². The molecule has 4 heteroatoms. The van der Waals surface area contributed by atoms with Gasteiger partial charge >= 0.3 is 0 Å². The van der Waals surface area contributed by atoms with Crippen LogP contribution in [0.3, 0.4) is 0 Å². The number of aryl methyl sites for hydroxylation is 1. The molecular weight excluding hydrogens is 412 g/mol. The molecule has 32 heavy (non-hydrogen) atoms. The van der Waals surface area contributed by atoms with E-state index in [1.807, 2.05) is 10.6 Å². The Bertz CT molecular complexity index is 1120. The summed E-state index contributed by atoms with van der Waals surface area (Å²) in [7, 11) is 0. The number of unbranched alkanes of at least 4 members (excludes halogenated alkanes) is 2. The summed E-state index contributed by atoms with van der Waals surface area (Å²) in [4.78, 5) is 19.2. The minimum atomic E-state index is -0.187. The lowest BCUT2D eigenvalue weighted by Crippen LogP contribution is -2.40. The van der Waals surface area contributed by atoms with E-state index in [9.17, 15) is 4.79 Å². The Hall–Kier alpha value is -2.33. The predicted octanol–water partition coefficient (Wildman–Crippen LogP) is 6.66. The summed E-state index contributed by atoms with van der Waals surface area (Å²) >= 11 is 1.74. The van der Waals surface area contributed by atoms with Crippen LogP contribution in [0.1, 0.15) is 63.1 Å². The molecule has 3 aromatic rings. The van der Waals surface area contributed by atoms with E-state index in [2.05, 4.69) is 69.3 Å². The van der Waals surface area contributed by atoms with Crippen LogP contribution < -0.4 is 5.56 Å². The highest BCUT2D eigenvalue weighted by Gasteiger charge is 2.38. The number of thioether (sulfide) groups is 1. The van der Waals surface area contributed by atoms with Gasteiger partial charge in [-0.15, -0.1) is 0 Å². The smallest absolute Gasteiger partial charge is 0.258 e. The van der Waals surface area contributed by atoms with Crippen LogP contribution in [0.5, 0.6) is 0 Å². The lowest BCUT2D eigenvalue weighted by molar-refractivity contribution is 0.427. The van der Waals surface area contributed by atoms with Gasteiger partial charge in [0.25, 0.3) is 5.56 Å². The Kier molecular flexibility index (Phi) is 7.20. The Labute approximate surface area is 196 Å². The average Bonchev–Trinajstić information content (AvgIpc) is 2.82. The number of aromatic nitrogens is 2. The molecule has 168 valence electrons. The van der Waals surface area contributed by atoms with Crippen LogP contribution in [0.2, 0.25) is 0 Å². The standard InChI is InChI=1S/C28H34N2OS/c1-4-6-12-19-32-27-29-25-23-16-11-10-15-22(23)20-28(3,5-2)24(25)26(31)30(27)18-17-21-13-8-7-9-14-21/h7-11,13-16H,4-6,12,17-20H2,1-3H3/t28-/m1/s1. The van der Waals surface area contributed by atoms with Crippen molar-refractivity contribution >= 4 is 11.8 Å². The van der Waals surface area contributed by atoms with Crippen molar-refractivity contribution in [2.75, 3.05) is 5.75 Å². The first-order chi connectivity index (χ1) is 15.6. The molecule has 0 aliphatic heterocycles. The highest BCUT2D eigenvalue weighted by molar-refractivity contribution is 7.99. The topological polar surface area (TPSA) is 34.9 Å². The van der Waals surface area contributed by atoms with E-state index in [0.29, 0.717) is 6.54 Å². The van der Waals surface area contributed by atoms with Gasteiger partial charge in [0.1, 0.15) is 0 Å². The fourth-order valence-electron chi connectivity index (χ4n) is 4.70. The normalized spacial score (nSPS) is 17.1. The summed E-state index contributed by atoms with van der Waals surface area (Å²) in [5.74, 6) is 0.997. The van der Waals surface area contributed by atoms with Crippen molar-refractivity contribution in [3.8, 4) is 11.3 Å². The molecule has 4 rings (SSSR count). The first-order valence-electron chi connectivity index (χ1n) is 12.0. The van der Waals surface area contributed by atoms with Crippen LogP contribution in [-0.4, -0.2) is 15.3 Å². The SMILES string of the molecule is CCCCCSc1nc2c(c(=O)n1CCc1ccccc1)[C@](C)(CC)Cc1ccccc1-2. The van der Waals surface area contributed by atoms with Crippen molar-refractivity contribution in [2.24, 2.45) is 0 Å². The minimum Gasteiger partial charge on any atom is -0.287 e. The Morgan fingerprint density at radius 3 is 2.53 bits per heavy atom. The molecule has 0 unspecified atom stereocenters. The molecule has 0 saturated heterocycles. The first kappa shape index (κ1) is 22.8. The van der Waals surface area contributed by atoms with E-state index in [1.165, 1.54) is 24.0 Å². The molecule has 0 saturated carbocycles. The zero-order valence-corrected chi connectivity index (χ0v) is 20.4. The van der Waals surface area contributed by atoms with Gasteiger partial charge in [-0.2, -0.15) is 0 Å². The highest BCUT2D eigenvalue weighted by Crippen LogP contribution is 2.43. The number of fused-ring (bicyclic) bond motifs is 3.